The first-order valence-corrected chi connectivity index (χ1v) is 8.22. The summed E-state index contributed by atoms with van der Waals surface area (Å²) in [6, 6.07) is 7.69. The van der Waals surface area contributed by atoms with Crippen LogP contribution in [0.15, 0.2) is 36.4 Å². The number of hydrogen-bond donors (Lipinski definition) is 1. The van der Waals surface area contributed by atoms with E-state index in [2.05, 4.69) is 31.2 Å². The fraction of sp³-hybridized carbons (Fsp3) is 0.579. The van der Waals surface area contributed by atoms with Crippen molar-refractivity contribution in [3.05, 3.63) is 42.0 Å². The average molecular weight is 272 g/mol. The third-order valence-corrected chi connectivity index (χ3v) is 4.53. The maximum atomic E-state index is 9.29. The predicted molar refractivity (Wildman–Crippen MR) is 85.9 cm³/mol. The third-order valence-electron chi connectivity index (χ3n) is 4.53. The van der Waals surface area contributed by atoms with Gasteiger partial charge in [-0.1, -0.05) is 37.6 Å². The molecule has 0 aliphatic heterocycles. The van der Waals surface area contributed by atoms with E-state index in [0.29, 0.717) is 5.75 Å². The Bertz CT molecular complexity index is 396. The van der Waals surface area contributed by atoms with Crippen molar-refractivity contribution in [3.63, 3.8) is 0 Å². The number of allylic oxidation sites excluding steroid dienone is 2. The molecule has 0 unspecified atom stereocenters. The molecule has 0 heterocycles. The van der Waals surface area contributed by atoms with E-state index >= 15 is 0 Å². The smallest absolute Gasteiger partial charge is 0.115 e. The summed E-state index contributed by atoms with van der Waals surface area (Å²) < 4.78 is 0. The lowest BCUT2D eigenvalue weighted by atomic mass is 9.79. The van der Waals surface area contributed by atoms with E-state index in [9.17, 15) is 5.11 Å². The van der Waals surface area contributed by atoms with Crippen LogP contribution in [0.3, 0.4) is 0 Å². The van der Waals surface area contributed by atoms with Crippen molar-refractivity contribution in [1.82, 2.24) is 0 Å². The van der Waals surface area contributed by atoms with E-state index in [1.165, 1.54) is 50.5 Å². The first kappa shape index (κ1) is 15.2. The molecule has 1 fully saturated rings. The van der Waals surface area contributed by atoms with Gasteiger partial charge in [-0.15, -0.1) is 0 Å². The molecule has 1 N–H and O–H groups in total. The average Bonchev–Trinajstić information content (AvgIpc) is 2.48. The molecule has 0 aromatic heterocycles. The molecule has 0 amide bonds. The first-order chi connectivity index (χ1) is 9.78. The van der Waals surface area contributed by atoms with Crippen LogP contribution < -0.4 is 0 Å². The Balaban J connectivity index is 1.68. The summed E-state index contributed by atoms with van der Waals surface area (Å²) in [6.07, 6.45) is 15.3. The van der Waals surface area contributed by atoms with Gasteiger partial charge in [0.2, 0.25) is 0 Å². The quantitative estimate of drug-likeness (QED) is 0.679. The summed E-state index contributed by atoms with van der Waals surface area (Å²) in [6.45, 7) is 2.24. The number of aryl methyl sites for hydroxylation is 1. The molecule has 1 nitrogen and oxygen atoms in total. The van der Waals surface area contributed by atoms with Crippen molar-refractivity contribution in [2.75, 3.05) is 0 Å². The number of phenols is 1. The SMILES string of the molecule is CCC/C=C/[C@H]1CC[C@H](CCc2ccc(O)cc2)CC1. The van der Waals surface area contributed by atoms with E-state index in [4.69, 9.17) is 0 Å². The molecular formula is C19H28O. The minimum atomic E-state index is 0.369. The number of aromatic hydroxyl groups is 1. The number of unbranched alkanes of at least 4 members (excludes halogenated alkanes) is 1. The van der Waals surface area contributed by atoms with Crippen LogP contribution in [0.2, 0.25) is 0 Å². The monoisotopic (exact) mass is 272 g/mol. The van der Waals surface area contributed by atoms with Gasteiger partial charge in [0.25, 0.3) is 0 Å². The molecule has 2 rings (SSSR count). The van der Waals surface area contributed by atoms with Crippen molar-refractivity contribution in [2.24, 2.45) is 11.8 Å². The summed E-state index contributed by atoms with van der Waals surface area (Å²) in [5, 5.41) is 9.29. The highest BCUT2D eigenvalue weighted by Gasteiger charge is 2.19. The fourth-order valence-corrected chi connectivity index (χ4v) is 3.16. The van der Waals surface area contributed by atoms with Crippen LogP contribution in [0.5, 0.6) is 5.75 Å². The van der Waals surface area contributed by atoms with Crippen LogP contribution >= 0.6 is 0 Å². The Hall–Kier alpha value is -1.24. The Morgan fingerprint density at radius 2 is 1.80 bits per heavy atom. The summed E-state index contributed by atoms with van der Waals surface area (Å²) in [7, 11) is 0. The number of rotatable bonds is 6. The van der Waals surface area contributed by atoms with Gasteiger partial charge in [0.1, 0.15) is 5.75 Å². The molecule has 0 atom stereocenters. The minimum absolute atomic E-state index is 0.369. The van der Waals surface area contributed by atoms with E-state index in [0.717, 1.165) is 18.3 Å². The molecule has 20 heavy (non-hydrogen) atoms. The summed E-state index contributed by atoms with van der Waals surface area (Å²) in [5.41, 5.74) is 1.35. The second-order valence-electron chi connectivity index (χ2n) is 6.20. The van der Waals surface area contributed by atoms with E-state index < -0.39 is 0 Å². The summed E-state index contributed by atoms with van der Waals surface area (Å²) in [4.78, 5) is 0. The van der Waals surface area contributed by atoms with Gasteiger partial charge >= 0.3 is 0 Å². The molecule has 110 valence electrons. The lowest BCUT2D eigenvalue weighted by molar-refractivity contribution is 0.296. The molecular weight excluding hydrogens is 244 g/mol. The predicted octanol–water partition coefficient (Wildman–Crippen LogP) is 5.49. The molecule has 0 bridgehead atoms. The largest absolute Gasteiger partial charge is 0.508 e. The van der Waals surface area contributed by atoms with Crippen LogP contribution in [0, 0.1) is 11.8 Å². The van der Waals surface area contributed by atoms with Gasteiger partial charge in [-0.05, 0) is 74.5 Å². The molecule has 1 aliphatic rings. The Labute approximate surface area is 123 Å². The van der Waals surface area contributed by atoms with Crippen LogP contribution in [-0.4, -0.2) is 5.11 Å². The third kappa shape index (κ3) is 5.03. The molecule has 1 saturated carbocycles. The molecule has 1 aliphatic carbocycles. The second-order valence-corrected chi connectivity index (χ2v) is 6.20. The van der Waals surface area contributed by atoms with Crippen LogP contribution in [-0.2, 0) is 6.42 Å². The molecule has 0 radical (unpaired) electrons. The standard InChI is InChI=1S/C19H28O/c1-2-3-4-5-16-6-8-17(9-7-16)10-11-18-12-14-19(20)15-13-18/h4-5,12-17,20H,2-3,6-11H2,1H3/b5-4+/t16-,17-. The normalized spacial score (nSPS) is 23.2. The van der Waals surface area contributed by atoms with Gasteiger partial charge in [0, 0.05) is 0 Å². The molecule has 0 spiro atoms. The summed E-state index contributed by atoms with van der Waals surface area (Å²) >= 11 is 0. The minimum Gasteiger partial charge on any atom is -0.508 e. The zero-order valence-corrected chi connectivity index (χ0v) is 12.7. The van der Waals surface area contributed by atoms with Crippen LogP contribution in [0.4, 0.5) is 0 Å². The molecule has 1 aromatic rings. The summed E-state index contributed by atoms with van der Waals surface area (Å²) in [5.74, 6) is 2.11. The first-order valence-electron chi connectivity index (χ1n) is 8.22. The zero-order valence-electron chi connectivity index (χ0n) is 12.7. The van der Waals surface area contributed by atoms with E-state index in [1.807, 2.05) is 0 Å². The highest BCUT2D eigenvalue weighted by atomic mass is 16.3. The Morgan fingerprint density at radius 3 is 2.45 bits per heavy atom. The van der Waals surface area contributed by atoms with Gasteiger partial charge in [0.05, 0.1) is 0 Å². The highest BCUT2D eigenvalue weighted by molar-refractivity contribution is 5.25. The fourth-order valence-electron chi connectivity index (χ4n) is 3.16. The van der Waals surface area contributed by atoms with Crippen molar-refractivity contribution >= 4 is 0 Å². The molecule has 1 aromatic carbocycles. The number of benzene rings is 1. The van der Waals surface area contributed by atoms with Crippen LogP contribution in [0.1, 0.15) is 57.4 Å². The van der Waals surface area contributed by atoms with Gasteiger partial charge in [-0.3, -0.25) is 0 Å². The Morgan fingerprint density at radius 1 is 1.10 bits per heavy atom. The van der Waals surface area contributed by atoms with Crippen molar-refractivity contribution in [2.45, 2.75) is 58.3 Å². The van der Waals surface area contributed by atoms with Crippen molar-refractivity contribution in [3.8, 4) is 5.75 Å². The highest BCUT2D eigenvalue weighted by Crippen LogP contribution is 2.32. The van der Waals surface area contributed by atoms with Gasteiger partial charge in [-0.25, -0.2) is 0 Å². The zero-order chi connectivity index (χ0) is 14.2. The second kappa shape index (κ2) is 8.14. The number of hydrogen-bond acceptors (Lipinski definition) is 1. The van der Waals surface area contributed by atoms with Crippen molar-refractivity contribution in [1.29, 1.82) is 0 Å². The van der Waals surface area contributed by atoms with Gasteiger partial charge < -0.3 is 5.11 Å². The van der Waals surface area contributed by atoms with E-state index in [-0.39, 0.29) is 0 Å². The van der Waals surface area contributed by atoms with Gasteiger partial charge in [0.15, 0.2) is 0 Å². The van der Waals surface area contributed by atoms with Gasteiger partial charge in [-0.2, -0.15) is 0 Å². The molecule has 0 saturated heterocycles. The number of phenolic OH excluding ortho intramolecular Hbond substituents is 1. The van der Waals surface area contributed by atoms with E-state index in [1.54, 1.807) is 12.1 Å². The van der Waals surface area contributed by atoms with Crippen LogP contribution in [0.25, 0.3) is 0 Å². The van der Waals surface area contributed by atoms with Crippen molar-refractivity contribution < 1.29 is 5.11 Å². The maximum Gasteiger partial charge on any atom is 0.115 e. The topological polar surface area (TPSA) is 20.2 Å². The lowest BCUT2D eigenvalue weighted by Gasteiger charge is -2.26. The lowest BCUT2D eigenvalue weighted by Crippen LogP contribution is -2.13. The Kier molecular flexibility index (Phi) is 6.17. The molecule has 1 heteroatoms. The maximum absolute atomic E-state index is 9.29.